The van der Waals surface area contributed by atoms with Gasteiger partial charge in [-0.25, -0.2) is 0 Å². The SMILES string of the molecule is C[C@@H]1CCCN(C(=O)C2CCN(CC(=O)Nc3ccccc3)CC2)C1. The summed E-state index contributed by atoms with van der Waals surface area (Å²) in [4.78, 5) is 29.1. The number of hydrogen-bond donors (Lipinski definition) is 1. The fraction of sp³-hybridized carbons (Fsp3) is 0.600. The van der Waals surface area contributed by atoms with Crippen LogP contribution in [0.1, 0.15) is 32.6 Å². The summed E-state index contributed by atoms with van der Waals surface area (Å²) < 4.78 is 0. The Morgan fingerprint density at radius 2 is 1.80 bits per heavy atom. The third-order valence-corrected chi connectivity index (χ3v) is 5.33. The molecular formula is C20H29N3O2. The van der Waals surface area contributed by atoms with Crippen molar-refractivity contribution in [2.24, 2.45) is 11.8 Å². The summed E-state index contributed by atoms with van der Waals surface area (Å²) in [6.45, 7) is 6.11. The molecule has 5 nitrogen and oxygen atoms in total. The highest BCUT2D eigenvalue weighted by atomic mass is 16.2. The first kappa shape index (κ1) is 17.9. The van der Waals surface area contributed by atoms with Gasteiger partial charge in [-0.05, 0) is 56.8 Å². The maximum atomic E-state index is 12.7. The topological polar surface area (TPSA) is 52.7 Å². The molecule has 136 valence electrons. The van der Waals surface area contributed by atoms with Crippen molar-refractivity contribution in [3.63, 3.8) is 0 Å². The fourth-order valence-corrected chi connectivity index (χ4v) is 3.91. The molecule has 0 unspecified atom stereocenters. The molecule has 2 fully saturated rings. The van der Waals surface area contributed by atoms with E-state index in [2.05, 4.69) is 22.0 Å². The van der Waals surface area contributed by atoms with Crippen molar-refractivity contribution in [1.29, 1.82) is 0 Å². The molecule has 0 aromatic heterocycles. The van der Waals surface area contributed by atoms with Crippen molar-refractivity contribution in [1.82, 2.24) is 9.80 Å². The number of rotatable bonds is 4. The molecular weight excluding hydrogens is 314 g/mol. The molecule has 5 heteroatoms. The normalized spacial score (nSPS) is 22.6. The predicted molar refractivity (Wildman–Crippen MR) is 99.2 cm³/mol. The highest BCUT2D eigenvalue weighted by Gasteiger charge is 2.30. The summed E-state index contributed by atoms with van der Waals surface area (Å²) in [5, 5.41) is 2.92. The van der Waals surface area contributed by atoms with Crippen LogP contribution in [0.5, 0.6) is 0 Å². The van der Waals surface area contributed by atoms with E-state index in [1.807, 2.05) is 30.3 Å². The average molecular weight is 343 g/mol. The standard InChI is InChI=1S/C20H29N3O2/c1-16-6-5-11-23(14-16)20(25)17-9-12-22(13-10-17)15-19(24)21-18-7-3-2-4-8-18/h2-4,7-8,16-17H,5-6,9-15H2,1H3,(H,21,24)/t16-/m1/s1. The minimum absolute atomic E-state index is 0.0147. The number of nitrogens with one attached hydrogen (secondary N) is 1. The Hall–Kier alpha value is -1.88. The van der Waals surface area contributed by atoms with E-state index in [1.54, 1.807) is 0 Å². The van der Waals surface area contributed by atoms with Crippen LogP contribution in [0.2, 0.25) is 0 Å². The zero-order valence-electron chi connectivity index (χ0n) is 15.1. The number of nitrogens with zero attached hydrogens (tertiary/aromatic N) is 2. The van der Waals surface area contributed by atoms with E-state index in [0.717, 1.165) is 51.1 Å². The van der Waals surface area contributed by atoms with Crippen molar-refractivity contribution in [2.45, 2.75) is 32.6 Å². The van der Waals surface area contributed by atoms with Crippen molar-refractivity contribution in [2.75, 3.05) is 38.0 Å². The van der Waals surface area contributed by atoms with E-state index in [4.69, 9.17) is 0 Å². The third kappa shape index (κ3) is 5.05. The Bertz CT molecular complexity index is 582. The monoisotopic (exact) mass is 343 g/mol. The highest BCUT2D eigenvalue weighted by Crippen LogP contribution is 2.23. The lowest BCUT2D eigenvalue weighted by atomic mass is 9.93. The minimum atomic E-state index is 0.0147. The van der Waals surface area contributed by atoms with Gasteiger partial charge in [0.1, 0.15) is 0 Å². The number of carbonyl (C=O) groups is 2. The van der Waals surface area contributed by atoms with Crippen LogP contribution in [0.3, 0.4) is 0 Å². The van der Waals surface area contributed by atoms with E-state index < -0.39 is 0 Å². The number of para-hydroxylation sites is 1. The van der Waals surface area contributed by atoms with Gasteiger partial charge in [-0.3, -0.25) is 14.5 Å². The first-order valence-electron chi connectivity index (χ1n) is 9.48. The van der Waals surface area contributed by atoms with Crippen LogP contribution >= 0.6 is 0 Å². The van der Waals surface area contributed by atoms with E-state index in [-0.39, 0.29) is 11.8 Å². The lowest BCUT2D eigenvalue weighted by Gasteiger charge is -2.37. The summed E-state index contributed by atoms with van der Waals surface area (Å²) in [5.41, 5.74) is 0.830. The zero-order chi connectivity index (χ0) is 17.6. The zero-order valence-corrected chi connectivity index (χ0v) is 15.1. The number of amides is 2. The van der Waals surface area contributed by atoms with Gasteiger partial charge in [0.15, 0.2) is 0 Å². The number of piperidine rings is 2. The lowest BCUT2D eigenvalue weighted by molar-refractivity contribution is -0.138. The molecule has 25 heavy (non-hydrogen) atoms. The summed E-state index contributed by atoms with van der Waals surface area (Å²) in [6.07, 6.45) is 4.09. The largest absolute Gasteiger partial charge is 0.342 e. The van der Waals surface area contributed by atoms with Gasteiger partial charge in [-0.2, -0.15) is 0 Å². The van der Waals surface area contributed by atoms with E-state index in [9.17, 15) is 9.59 Å². The molecule has 2 amide bonds. The van der Waals surface area contributed by atoms with Crippen molar-refractivity contribution >= 4 is 17.5 Å². The molecule has 3 rings (SSSR count). The smallest absolute Gasteiger partial charge is 0.238 e. The van der Waals surface area contributed by atoms with Gasteiger partial charge in [0.05, 0.1) is 6.54 Å². The van der Waals surface area contributed by atoms with E-state index >= 15 is 0 Å². The first-order valence-corrected chi connectivity index (χ1v) is 9.48. The van der Waals surface area contributed by atoms with Crippen LogP contribution in [0.25, 0.3) is 0 Å². The first-order chi connectivity index (χ1) is 12.1. The summed E-state index contributed by atoms with van der Waals surface area (Å²) in [5.74, 6) is 1.11. The number of hydrogen-bond acceptors (Lipinski definition) is 3. The van der Waals surface area contributed by atoms with Gasteiger partial charge < -0.3 is 10.2 Å². The van der Waals surface area contributed by atoms with Gasteiger partial charge in [0, 0.05) is 24.7 Å². The maximum Gasteiger partial charge on any atom is 0.238 e. The number of carbonyl (C=O) groups excluding carboxylic acids is 2. The van der Waals surface area contributed by atoms with Crippen LogP contribution in [-0.4, -0.2) is 54.3 Å². The van der Waals surface area contributed by atoms with Crippen LogP contribution in [0, 0.1) is 11.8 Å². The van der Waals surface area contributed by atoms with Gasteiger partial charge in [0.25, 0.3) is 0 Å². The second-order valence-electron chi connectivity index (χ2n) is 7.50. The third-order valence-electron chi connectivity index (χ3n) is 5.33. The molecule has 2 saturated heterocycles. The molecule has 0 radical (unpaired) electrons. The second-order valence-corrected chi connectivity index (χ2v) is 7.50. The number of benzene rings is 1. The Morgan fingerprint density at radius 3 is 2.48 bits per heavy atom. The van der Waals surface area contributed by atoms with Crippen LogP contribution < -0.4 is 5.32 Å². The van der Waals surface area contributed by atoms with Gasteiger partial charge in [-0.1, -0.05) is 25.1 Å². The second kappa shape index (κ2) is 8.48. The molecule has 1 aromatic carbocycles. The molecule has 0 saturated carbocycles. The average Bonchev–Trinajstić information content (AvgIpc) is 2.62. The summed E-state index contributed by atoms with van der Waals surface area (Å²) in [6, 6.07) is 9.54. The Kier molecular flexibility index (Phi) is 6.08. The molecule has 0 aliphatic carbocycles. The molecule has 0 bridgehead atoms. The van der Waals surface area contributed by atoms with Crippen molar-refractivity contribution in [3.8, 4) is 0 Å². The molecule has 2 aliphatic heterocycles. The van der Waals surface area contributed by atoms with Crippen LogP contribution in [0.15, 0.2) is 30.3 Å². The number of likely N-dealkylation sites (tertiary alicyclic amines) is 2. The maximum absolute atomic E-state index is 12.7. The quantitative estimate of drug-likeness (QED) is 0.914. The minimum Gasteiger partial charge on any atom is -0.342 e. The van der Waals surface area contributed by atoms with Crippen LogP contribution in [0.4, 0.5) is 5.69 Å². The van der Waals surface area contributed by atoms with Crippen molar-refractivity contribution in [3.05, 3.63) is 30.3 Å². The Morgan fingerprint density at radius 1 is 1.08 bits per heavy atom. The van der Waals surface area contributed by atoms with E-state index in [1.165, 1.54) is 6.42 Å². The van der Waals surface area contributed by atoms with E-state index in [0.29, 0.717) is 18.4 Å². The summed E-state index contributed by atoms with van der Waals surface area (Å²) >= 11 is 0. The molecule has 1 atom stereocenters. The van der Waals surface area contributed by atoms with Gasteiger partial charge in [-0.15, -0.1) is 0 Å². The van der Waals surface area contributed by atoms with Crippen molar-refractivity contribution < 1.29 is 9.59 Å². The molecule has 0 spiro atoms. The molecule has 2 aliphatic rings. The Balaban J connectivity index is 1.42. The lowest BCUT2D eigenvalue weighted by Crippen LogP contribution is -2.46. The van der Waals surface area contributed by atoms with Crippen LogP contribution in [-0.2, 0) is 9.59 Å². The Labute approximate surface area is 150 Å². The molecule has 1 N–H and O–H groups in total. The number of anilines is 1. The highest BCUT2D eigenvalue weighted by molar-refractivity contribution is 5.92. The summed E-state index contributed by atoms with van der Waals surface area (Å²) in [7, 11) is 0. The van der Waals surface area contributed by atoms with Gasteiger partial charge in [0.2, 0.25) is 11.8 Å². The fourth-order valence-electron chi connectivity index (χ4n) is 3.91. The predicted octanol–water partition coefficient (Wildman–Crippen LogP) is 2.60. The molecule has 2 heterocycles. The molecule has 1 aromatic rings. The van der Waals surface area contributed by atoms with Gasteiger partial charge >= 0.3 is 0 Å².